The summed E-state index contributed by atoms with van der Waals surface area (Å²) in [6, 6.07) is 17.0. The van der Waals surface area contributed by atoms with Crippen LogP contribution in [0.25, 0.3) is 10.9 Å². The Labute approximate surface area is 169 Å². The Kier molecular flexibility index (Phi) is 5.37. The number of H-pyrrole nitrogens is 1. The first kappa shape index (κ1) is 18.9. The van der Waals surface area contributed by atoms with Crippen LogP contribution in [0.2, 0.25) is 0 Å². The van der Waals surface area contributed by atoms with E-state index in [9.17, 15) is 9.59 Å². The predicted octanol–water partition coefficient (Wildman–Crippen LogP) is 3.03. The van der Waals surface area contributed by atoms with E-state index in [2.05, 4.69) is 32.7 Å². The summed E-state index contributed by atoms with van der Waals surface area (Å²) in [5, 5.41) is 6.70. The van der Waals surface area contributed by atoms with E-state index in [0.29, 0.717) is 18.8 Å². The number of urea groups is 1. The average molecular weight is 391 g/mol. The van der Waals surface area contributed by atoms with Gasteiger partial charge in [0.2, 0.25) is 5.91 Å². The van der Waals surface area contributed by atoms with Gasteiger partial charge in [0.25, 0.3) is 0 Å². The summed E-state index contributed by atoms with van der Waals surface area (Å²) < 4.78 is 0. The van der Waals surface area contributed by atoms with Gasteiger partial charge in [-0.15, -0.1) is 0 Å². The van der Waals surface area contributed by atoms with E-state index in [1.807, 2.05) is 48.7 Å². The standard InChI is InChI=1S/C22H25N5O2/c1-16(21(28)25-18-7-8-20-17(15-18)9-10-23-20)24-22(29)27-13-11-26(12-14-27)19-5-3-2-4-6-19/h2-10,15-16,23H,11-14H2,1H3,(H,24,29)(H,25,28)/t16-/m1/s1. The van der Waals surface area contributed by atoms with Crippen molar-refractivity contribution in [3.05, 3.63) is 60.8 Å². The highest BCUT2D eigenvalue weighted by Crippen LogP contribution is 2.18. The molecule has 0 unspecified atom stereocenters. The average Bonchev–Trinajstić information content (AvgIpc) is 3.22. The van der Waals surface area contributed by atoms with Crippen molar-refractivity contribution >= 4 is 34.2 Å². The Morgan fingerprint density at radius 3 is 2.52 bits per heavy atom. The third kappa shape index (κ3) is 4.34. The lowest BCUT2D eigenvalue weighted by Crippen LogP contribution is -2.54. The number of anilines is 2. The lowest BCUT2D eigenvalue weighted by molar-refractivity contribution is -0.117. The van der Waals surface area contributed by atoms with Crippen molar-refractivity contribution in [2.24, 2.45) is 0 Å². The van der Waals surface area contributed by atoms with Crippen molar-refractivity contribution in [1.29, 1.82) is 0 Å². The predicted molar refractivity (Wildman–Crippen MR) is 115 cm³/mol. The minimum atomic E-state index is -0.628. The zero-order chi connectivity index (χ0) is 20.2. The number of carbonyl (C=O) groups excluding carboxylic acids is 2. The summed E-state index contributed by atoms with van der Waals surface area (Å²) in [5.41, 5.74) is 2.89. The fourth-order valence-corrected chi connectivity index (χ4v) is 3.53. The third-order valence-corrected chi connectivity index (χ3v) is 5.24. The van der Waals surface area contributed by atoms with E-state index in [0.717, 1.165) is 24.0 Å². The number of rotatable bonds is 4. The van der Waals surface area contributed by atoms with Crippen LogP contribution in [0.1, 0.15) is 6.92 Å². The van der Waals surface area contributed by atoms with Gasteiger partial charge in [0.05, 0.1) is 0 Å². The van der Waals surface area contributed by atoms with Gasteiger partial charge in [0.15, 0.2) is 0 Å². The number of amides is 3. The van der Waals surface area contributed by atoms with Crippen LogP contribution in [0, 0.1) is 0 Å². The van der Waals surface area contributed by atoms with E-state index < -0.39 is 6.04 Å². The SMILES string of the molecule is C[C@@H](NC(=O)N1CCN(c2ccccc2)CC1)C(=O)Nc1ccc2[nH]ccc2c1. The minimum absolute atomic E-state index is 0.207. The van der Waals surface area contributed by atoms with Crippen molar-refractivity contribution in [3.63, 3.8) is 0 Å². The molecule has 1 aromatic heterocycles. The van der Waals surface area contributed by atoms with Crippen LogP contribution < -0.4 is 15.5 Å². The molecular formula is C22H25N5O2. The van der Waals surface area contributed by atoms with Gasteiger partial charge in [-0.25, -0.2) is 4.79 Å². The maximum absolute atomic E-state index is 12.6. The Bertz CT molecular complexity index is 993. The number of piperazine rings is 1. The van der Waals surface area contributed by atoms with Gasteiger partial charge in [-0.05, 0) is 43.3 Å². The summed E-state index contributed by atoms with van der Waals surface area (Å²) in [6.07, 6.45) is 1.86. The molecule has 1 fully saturated rings. The molecule has 0 bridgehead atoms. The maximum atomic E-state index is 12.6. The van der Waals surface area contributed by atoms with Crippen LogP contribution in [0.4, 0.5) is 16.2 Å². The Balaban J connectivity index is 1.28. The smallest absolute Gasteiger partial charge is 0.318 e. The van der Waals surface area contributed by atoms with Crippen LogP contribution in [-0.2, 0) is 4.79 Å². The topological polar surface area (TPSA) is 80.5 Å². The molecule has 3 aromatic rings. The highest BCUT2D eigenvalue weighted by atomic mass is 16.2. The molecule has 1 aliphatic heterocycles. The summed E-state index contributed by atoms with van der Waals surface area (Å²) in [6.45, 7) is 4.49. The number of para-hydroxylation sites is 1. The van der Waals surface area contributed by atoms with Gasteiger partial charge in [-0.1, -0.05) is 18.2 Å². The number of nitrogens with one attached hydrogen (secondary N) is 3. The van der Waals surface area contributed by atoms with Crippen LogP contribution >= 0.6 is 0 Å². The summed E-state index contributed by atoms with van der Waals surface area (Å²) in [7, 11) is 0. The molecule has 0 saturated carbocycles. The van der Waals surface area contributed by atoms with E-state index in [1.165, 1.54) is 5.69 Å². The molecule has 1 aliphatic rings. The number of carbonyl (C=O) groups is 2. The largest absolute Gasteiger partial charge is 0.368 e. The number of aromatic nitrogens is 1. The number of hydrogen-bond acceptors (Lipinski definition) is 3. The second-order valence-electron chi connectivity index (χ2n) is 7.25. The molecular weight excluding hydrogens is 366 g/mol. The first-order valence-corrected chi connectivity index (χ1v) is 9.83. The van der Waals surface area contributed by atoms with Crippen molar-refractivity contribution in [2.45, 2.75) is 13.0 Å². The fourth-order valence-electron chi connectivity index (χ4n) is 3.53. The van der Waals surface area contributed by atoms with Crippen LogP contribution in [0.3, 0.4) is 0 Å². The van der Waals surface area contributed by atoms with Gasteiger partial charge in [0, 0.05) is 54.7 Å². The summed E-state index contributed by atoms with van der Waals surface area (Å²) >= 11 is 0. The molecule has 0 spiro atoms. The number of hydrogen-bond donors (Lipinski definition) is 3. The molecule has 3 N–H and O–H groups in total. The van der Waals surface area contributed by atoms with Crippen molar-refractivity contribution < 1.29 is 9.59 Å². The Morgan fingerprint density at radius 2 is 1.76 bits per heavy atom. The molecule has 0 radical (unpaired) electrons. The lowest BCUT2D eigenvalue weighted by atomic mass is 10.2. The van der Waals surface area contributed by atoms with Gasteiger partial charge in [0.1, 0.15) is 6.04 Å². The number of fused-ring (bicyclic) bond motifs is 1. The number of benzene rings is 2. The second kappa shape index (κ2) is 8.26. The van der Waals surface area contributed by atoms with Gasteiger partial charge in [-0.2, -0.15) is 0 Å². The van der Waals surface area contributed by atoms with E-state index in [4.69, 9.17) is 0 Å². The Hall–Kier alpha value is -3.48. The number of nitrogens with zero attached hydrogens (tertiary/aromatic N) is 2. The fraction of sp³-hybridized carbons (Fsp3) is 0.273. The molecule has 150 valence electrons. The van der Waals surface area contributed by atoms with Crippen LogP contribution in [-0.4, -0.2) is 54.0 Å². The second-order valence-corrected chi connectivity index (χ2v) is 7.25. The van der Waals surface area contributed by atoms with Crippen molar-refractivity contribution in [2.75, 3.05) is 36.4 Å². The molecule has 29 heavy (non-hydrogen) atoms. The minimum Gasteiger partial charge on any atom is -0.368 e. The van der Waals surface area contributed by atoms with Gasteiger partial charge < -0.3 is 25.4 Å². The van der Waals surface area contributed by atoms with Gasteiger partial charge >= 0.3 is 6.03 Å². The summed E-state index contributed by atoms with van der Waals surface area (Å²) in [5.74, 6) is -0.240. The first-order chi connectivity index (χ1) is 14.1. The maximum Gasteiger partial charge on any atom is 0.318 e. The lowest BCUT2D eigenvalue weighted by Gasteiger charge is -2.36. The molecule has 7 nitrogen and oxygen atoms in total. The summed E-state index contributed by atoms with van der Waals surface area (Å²) in [4.78, 5) is 32.2. The molecule has 2 heterocycles. The number of aromatic amines is 1. The highest BCUT2D eigenvalue weighted by molar-refractivity contribution is 5.98. The molecule has 1 atom stereocenters. The molecule has 3 amide bonds. The molecule has 0 aliphatic carbocycles. The van der Waals surface area contributed by atoms with Crippen LogP contribution in [0.15, 0.2) is 60.8 Å². The van der Waals surface area contributed by atoms with E-state index in [1.54, 1.807) is 11.8 Å². The van der Waals surface area contributed by atoms with E-state index >= 15 is 0 Å². The normalized spacial score (nSPS) is 15.2. The quantitative estimate of drug-likeness (QED) is 0.640. The monoisotopic (exact) mass is 391 g/mol. The zero-order valence-electron chi connectivity index (χ0n) is 16.4. The Morgan fingerprint density at radius 1 is 1.00 bits per heavy atom. The van der Waals surface area contributed by atoms with Gasteiger partial charge in [-0.3, -0.25) is 4.79 Å². The van der Waals surface area contributed by atoms with E-state index in [-0.39, 0.29) is 11.9 Å². The van der Waals surface area contributed by atoms with Crippen molar-refractivity contribution in [3.8, 4) is 0 Å². The molecule has 4 rings (SSSR count). The highest BCUT2D eigenvalue weighted by Gasteiger charge is 2.24. The molecule has 2 aromatic carbocycles. The molecule has 1 saturated heterocycles. The molecule has 7 heteroatoms. The zero-order valence-corrected chi connectivity index (χ0v) is 16.4. The van der Waals surface area contributed by atoms with Crippen LogP contribution in [0.5, 0.6) is 0 Å². The third-order valence-electron chi connectivity index (χ3n) is 5.24. The first-order valence-electron chi connectivity index (χ1n) is 9.83. The van der Waals surface area contributed by atoms with Crippen molar-refractivity contribution in [1.82, 2.24) is 15.2 Å².